The van der Waals surface area contributed by atoms with Gasteiger partial charge in [-0.15, -0.1) is 0 Å². The zero-order valence-corrected chi connectivity index (χ0v) is 21.1. The summed E-state index contributed by atoms with van der Waals surface area (Å²) in [5.74, 6) is 1.89. The second-order valence-corrected chi connectivity index (χ2v) is 10.3. The molecule has 2 fully saturated rings. The van der Waals surface area contributed by atoms with Gasteiger partial charge in [-0.25, -0.2) is 24.8 Å². The Balaban J connectivity index is 1.18. The number of piperidine rings is 1. The minimum Gasteiger partial charge on any atom is -0.389 e. The molecule has 1 saturated carbocycles. The van der Waals surface area contributed by atoms with Gasteiger partial charge in [-0.05, 0) is 68.7 Å². The molecule has 4 aromatic rings. The number of aromatic amines is 1. The maximum Gasteiger partial charge on any atom is 0.231 e. The standard InChI is InChI=1S/C28H30N8O/c1-17-12-21-22(15-32-26(21)31-13-17)25-23(29-3)16-33-27(35-25)34-18(2)19-4-7-24(30-14-19)36-10-8-28(37,9-11-36)20-5-6-20/h4,7,12-16,18,20,37H,5-6,8-11H2,1-2H3,(H,31,32)(H,33,34,35). The van der Waals surface area contributed by atoms with Gasteiger partial charge < -0.3 is 20.3 Å². The molecule has 188 valence electrons. The van der Waals surface area contributed by atoms with Crippen molar-refractivity contribution in [3.05, 3.63) is 65.5 Å². The Bertz CT molecular complexity index is 1480. The smallest absolute Gasteiger partial charge is 0.231 e. The Labute approximate surface area is 215 Å². The number of aliphatic hydroxyl groups is 1. The van der Waals surface area contributed by atoms with E-state index < -0.39 is 5.60 Å². The minimum absolute atomic E-state index is 0.0821. The number of aryl methyl sites for hydroxylation is 1. The molecule has 1 atom stereocenters. The van der Waals surface area contributed by atoms with Crippen molar-refractivity contribution in [3.8, 4) is 11.3 Å². The summed E-state index contributed by atoms with van der Waals surface area (Å²) >= 11 is 0. The van der Waals surface area contributed by atoms with Crippen LogP contribution in [-0.2, 0) is 0 Å². The lowest BCUT2D eigenvalue weighted by Crippen LogP contribution is -2.46. The third-order valence-electron chi connectivity index (χ3n) is 7.72. The fourth-order valence-electron chi connectivity index (χ4n) is 5.30. The van der Waals surface area contributed by atoms with Crippen LogP contribution in [0.4, 0.5) is 17.5 Å². The molecule has 0 spiro atoms. The highest BCUT2D eigenvalue weighted by Crippen LogP contribution is 2.45. The summed E-state index contributed by atoms with van der Waals surface area (Å²) < 4.78 is 0. The van der Waals surface area contributed by atoms with Gasteiger partial charge in [0.1, 0.15) is 11.5 Å². The first kappa shape index (κ1) is 23.4. The van der Waals surface area contributed by atoms with Crippen LogP contribution in [0.25, 0.3) is 27.1 Å². The highest BCUT2D eigenvalue weighted by atomic mass is 16.3. The summed E-state index contributed by atoms with van der Waals surface area (Å²) in [6, 6.07) is 6.08. The van der Waals surface area contributed by atoms with Crippen LogP contribution in [0.15, 0.2) is 43.0 Å². The maximum absolute atomic E-state index is 10.8. The number of hydrogen-bond donors (Lipinski definition) is 3. The number of H-pyrrole nitrogens is 1. The predicted octanol–water partition coefficient (Wildman–Crippen LogP) is 5.19. The lowest BCUT2D eigenvalue weighted by Gasteiger charge is -2.39. The Morgan fingerprint density at radius 3 is 2.68 bits per heavy atom. The second kappa shape index (κ2) is 9.12. The maximum atomic E-state index is 10.8. The highest BCUT2D eigenvalue weighted by molar-refractivity contribution is 5.96. The molecule has 0 bridgehead atoms. The minimum atomic E-state index is -0.474. The average molecular weight is 495 g/mol. The predicted molar refractivity (Wildman–Crippen MR) is 144 cm³/mol. The normalized spacial score (nSPS) is 17.9. The molecule has 37 heavy (non-hydrogen) atoms. The lowest BCUT2D eigenvalue weighted by atomic mass is 9.87. The van der Waals surface area contributed by atoms with Crippen molar-refractivity contribution in [3.63, 3.8) is 0 Å². The van der Waals surface area contributed by atoms with Gasteiger partial charge in [0.05, 0.1) is 23.9 Å². The van der Waals surface area contributed by atoms with Crippen molar-refractivity contribution < 1.29 is 5.11 Å². The van der Waals surface area contributed by atoms with E-state index in [9.17, 15) is 5.11 Å². The quantitative estimate of drug-likeness (QED) is 0.317. The molecule has 3 N–H and O–H groups in total. The number of nitrogens with one attached hydrogen (secondary N) is 2. The summed E-state index contributed by atoms with van der Waals surface area (Å²) in [5, 5.41) is 15.1. The Morgan fingerprint density at radius 1 is 1.16 bits per heavy atom. The Morgan fingerprint density at radius 2 is 1.97 bits per heavy atom. The fraction of sp³-hybridized carbons (Fsp3) is 0.393. The van der Waals surface area contributed by atoms with Gasteiger partial charge in [-0.3, -0.25) is 0 Å². The van der Waals surface area contributed by atoms with Crippen LogP contribution in [0.3, 0.4) is 0 Å². The largest absolute Gasteiger partial charge is 0.389 e. The number of pyridine rings is 2. The van der Waals surface area contributed by atoms with Crippen LogP contribution in [0.5, 0.6) is 0 Å². The Kier molecular flexibility index (Phi) is 5.76. The second-order valence-electron chi connectivity index (χ2n) is 10.3. The molecule has 0 amide bonds. The van der Waals surface area contributed by atoms with Gasteiger partial charge >= 0.3 is 0 Å². The molecule has 9 heteroatoms. The van der Waals surface area contributed by atoms with Crippen molar-refractivity contribution in [2.45, 2.75) is 51.2 Å². The summed E-state index contributed by atoms with van der Waals surface area (Å²) in [4.78, 5) is 27.3. The molecule has 1 unspecified atom stereocenters. The third-order valence-corrected chi connectivity index (χ3v) is 7.72. The fourth-order valence-corrected chi connectivity index (χ4v) is 5.30. The molecule has 0 radical (unpaired) electrons. The Hall–Kier alpha value is -4.03. The number of rotatable bonds is 6. The van der Waals surface area contributed by atoms with Gasteiger partial charge in [0.25, 0.3) is 0 Å². The molecule has 9 nitrogen and oxygen atoms in total. The van der Waals surface area contributed by atoms with Crippen LogP contribution in [0.2, 0.25) is 0 Å². The summed E-state index contributed by atoms with van der Waals surface area (Å²) in [5.41, 5.74) is 4.13. The van der Waals surface area contributed by atoms with E-state index in [1.807, 2.05) is 44.6 Å². The summed E-state index contributed by atoms with van der Waals surface area (Å²) in [6.07, 6.45) is 11.1. The van der Waals surface area contributed by atoms with Crippen LogP contribution in [-0.4, -0.2) is 48.7 Å². The van der Waals surface area contributed by atoms with E-state index in [0.717, 1.165) is 59.5 Å². The van der Waals surface area contributed by atoms with E-state index in [4.69, 9.17) is 16.5 Å². The van der Waals surface area contributed by atoms with Crippen molar-refractivity contribution >= 4 is 28.5 Å². The van der Waals surface area contributed by atoms with Crippen molar-refractivity contribution in [1.82, 2.24) is 24.9 Å². The summed E-state index contributed by atoms with van der Waals surface area (Å²) in [6.45, 7) is 13.3. The van der Waals surface area contributed by atoms with E-state index >= 15 is 0 Å². The van der Waals surface area contributed by atoms with Gasteiger partial charge in [0.15, 0.2) is 0 Å². The zero-order valence-electron chi connectivity index (χ0n) is 21.1. The molecule has 5 heterocycles. The van der Waals surface area contributed by atoms with E-state index in [1.54, 1.807) is 6.20 Å². The molecule has 6 rings (SSSR count). The molecular weight excluding hydrogens is 464 g/mol. The molecule has 1 aliphatic carbocycles. The topological polar surface area (TPSA) is 107 Å². The number of aromatic nitrogens is 5. The lowest BCUT2D eigenvalue weighted by molar-refractivity contribution is -0.00541. The van der Waals surface area contributed by atoms with Crippen molar-refractivity contribution in [2.24, 2.45) is 5.92 Å². The van der Waals surface area contributed by atoms with E-state index in [0.29, 0.717) is 23.2 Å². The summed E-state index contributed by atoms with van der Waals surface area (Å²) in [7, 11) is 0. The molecule has 1 aliphatic heterocycles. The zero-order chi connectivity index (χ0) is 25.6. The van der Waals surface area contributed by atoms with Gasteiger partial charge in [0.2, 0.25) is 11.6 Å². The van der Waals surface area contributed by atoms with Crippen LogP contribution >= 0.6 is 0 Å². The molecule has 4 aromatic heterocycles. The van der Waals surface area contributed by atoms with Gasteiger partial charge in [0, 0.05) is 48.8 Å². The van der Waals surface area contributed by atoms with E-state index in [2.05, 4.69) is 36.1 Å². The number of hydrogen-bond acceptors (Lipinski definition) is 7. The monoisotopic (exact) mass is 494 g/mol. The van der Waals surface area contributed by atoms with Gasteiger partial charge in [-0.1, -0.05) is 6.07 Å². The van der Waals surface area contributed by atoms with Crippen LogP contribution in [0.1, 0.15) is 49.8 Å². The van der Waals surface area contributed by atoms with E-state index in [-0.39, 0.29) is 6.04 Å². The van der Waals surface area contributed by atoms with Gasteiger partial charge in [-0.2, -0.15) is 0 Å². The first-order valence-corrected chi connectivity index (χ1v) is 12.8. The highest BCUT2D eigenvalue weighted by Gasteiger charge is 2.45. The van der Waals surface area contributed by atoms with Crippen LogP contribution < -0.4 is 10.2 Å². The van der Waals surface area contributed by atoms with Crippen LogP contribution in [0, 0.1) is 19.4 Å². The molecule has 1 saturated heterocycles. The SMILES string of the molecule is [C-]#[N+]c1cnc(NC(C)c2ccc(N3CCC(O)(C4CC4)CC3)nc2)nc1-c1c[nH]c2ncc(C)cc12. The van der Waals surface area contributed by atoms with E-state index in [1.165, 1.54) is 12.8 Å². The number of anilines is 2. The van der Waals surface area contributed by atoms with Crippen molar-refractivity contribution in [1.29, 1.82) is 0 Å². The molecule has 0 aromatic carbocycles. The third kappa shape index (κ3) is 4.49. The number of fused-ring (bicyclic) bond motifs is 1. The first-order valence-electron chi connectivity index (χ1n) is 12.8. The first-order chi connectivity index (χ1) is 17.9. The number of nitrogens with zero attached hydrogens (tertiary/aromatic N) is 6. The van der Waals surface area contributed by atoms with Crippen molar-refractivity contribution in [2.75, 3.05) is 23.3 Å². The molecule has 2 aliphatic rings. The molecular formula is C28H30N8O. The average Bonchev–Trinajstić information content (AvgIpc) is 3.70.